The Morgan fingerprint density at radius 3 is 2.58 bits per heavy atom. The van der Waals surface area contributed by atoms with Crippen LogP contribution in [-0.2, 0) is 9.53 Å². The maximum atomic E-state index is 12.2. The lowest BCUT2D eigenvalue weighted by Gasteiger charge is -2.15. The number of carbonyl (C=O) groups is 2. The third kappa shape index (κ3) is 4.41. The first-order valence-corrected chi connectivity index (χ1v) is 7.96. The van der Waals surface area contributed by atoms with Crippen molar-refractivity contribution >= 4 is 52.1 Å². The summed E-state index contributed by atoms with van der Waals surface area (Å²) >= 11 is 11.7. The lowest BCUT2D eigenvalue weighted by molar-refractivity contribution is -0.383. The van der Waals surface area contributed by atoms with Gasteiger partial charge >= 0.3 is 5.97 Å². The van der Waals surface area contributed by atoms with Crippen molar-refractivity contribution in [1.82, 2.24) is 0 Å². The Hall–Kier alpha value is -2.84. The zero-order valence-corrected chi connectivity index (χ0v) is 14.9. The molecule has 8 nitrogen and oxygen atoms in total. The number of nitro groups is 1. The third-order valence-corrected chi connectivity index (χ3v) is 3.86. The van der Waals surface area contributed by atoms with Gasteiger partial charge in [0.1, 0.15) is 5.69 Å². The Morgan fingerprint density at radius 1 is 1.27 bits per heavy atom. The van der Waals surface area contributed by atoms with E-state index in [4.69, 9.17) is 33.7 Å². The third-order valence-electron chi connectivity index (χ3n) is 3.33. The Labute approximate surface area is 158 Å². The van der Waals surface area contributed by atoms with Crippen LogP contribution >= 0.6 is 23.2 Å². The molecule has 0 aromatic heterocycles. The van der Waals surface area contributed by atoms with Crippen LogP contribution in [0.15, 0.2) is 36.4 Å². The molecule has 136 valence electrons. The summed E-state index contributed by atoms with van der Waals surface area (Å²) in [6.45, 7) is 1.31. The van der Waals surface area contributed by atoms with Crippen molar-refractivity contribution in [2.24, 2.45) is 0 Å². The summed E-state index contributed by atoms with van der Waals surface area (Å²) in [6, 6.07) is 8.20. The summed E-state index contributed by atoms with van der Waals surface area (Å²) in [5.41, 5.74) is 5.28. The summed E-state index contributed by atoms with van der Waals surface area (Å²) in [5.74, 6) is -1.66. The minimum absolute atomic E-state index is 0.0179. The van der Waals surface area contributed by atoms with Gasteiger partial charge in [-0.1, -0.05) is 35.3 Å². The second-order valence-electron chi connectivity index (χ2n) is 5.16. The van der Waals surface area contributed by atoms with E-state index in [0.717, 1.165) is 0 Å². The second kappa shape index (κ2) is 8.03. The Kier molecular flexibility index (Phi) is 6.01. The molecule has 2 aromatic carbocycles. The number of esters is 1. The number of para-hydroxylation sites is 2. The van der Waals surface area contributed by atoms with E-state index >= 15 is 0 Å². The van der Waals surface area contributed by atoms with Crippen molar-refractivity contribution in [3.05, 3.63) is 62.1 Å². The molecule has 0 spiro atoms. The SMILES string of the molecule is C[C@H](OC(=O)c1cc(Cl)cc(Cl)c1N)C(=O)Nc1ccccc1[N+](=O)[O-]. The first-order valence-electron chi connectivity index (χ1n) is 7.20. The van der Waals surface area contributed by atoms with E-state index in [1.807, 2.05) is 0 Å². The van der Waals surface area contributed by atoms with Gasteiger partial charge in [-0.3, -0.25) is 14.9 Å². The lowest BCUT2D eigenvalue weighted by Crippen LogP contribution is -2.30. The van der Waals surface area contributed by atoms with Crippen LogP contribution in [0.4, 0.5) is 17.1 Å². The summed E-state index contributed by atoms with van der Waals surface area (Å²) < 4.78 is 5.04. The number of nitrogens with zero attached hydrogens (tertiary/aromatic N) is 1. The molecule has 2 rings (SSSR count). The molecule has 0 saturated heterocycles. The van der Waals surface area contributed by atoms with Gasteiger partial charge in [-0.25, -0.2) is 4.79 Å². The van der Waals surface area contributed by atoms with Gasteiger partial charge < -0.3 is 15.8 Å². The average Bonchev–Trinajstić information content (AvgIpc) is 2.58. The van der Waals surface area contributed by atoms with E-state index < -0.39 is 22.9 Å². The number of nitrogen functional groups attached to an aromatic ring is 1. The van der Waals surface area contributed by atoms with Gasteiger partial charge in [0.05, 0.1) is 21.2 Å². The summed E-state index contributed by atoms with van der Waals surface area (Å²) in [7, 11) is 0. The van der Waals surface area contributed by atoms with Crippen molar-refractivity contribution < 1.29 is 19.2 Å². The number of hydrogen-bond acceptors (Lipinski definition) is 6. The predicted octanol–water partition coefficient (Wildman–Crippen LogP) is 3.67. The van der Waals surface area contributed by atoms with Crippen LogP contribution < -0.4 is 11.1 Å². The van der Waals surface area contributed by atoms with Gasteiger partial charge in [-0.05, 0) is 25.1 Å². The predicted molar refractivity (Wildman–Crippen MR) is 97.5 cm³/mol. The topological polar surface area (TPSA) is 125 Å². The summed E-state index contributed by atoms with van der Waals surface area (Å²) in [6.07, 6.45) is -1.25. The molecule has 2 aromatic rings. The minimum atomic E-state index is -1.25. The van der Waals surface area contributed by atoms with Crippen molar-refractivity contribution in [3.8, 4) is 0 Å². The largest absolute Gasteiger partial charge is 0.449 e. The smallest absolute Gasteiger partial charge is 0.341 e. The van der Waals surface area contributed by atoms with Gasteiger partial charge in [-0.15, -0.1) is 0 Å². The molecule has 1 amide bonds. The quantitative estimate of drug-likeness (QED) is 0.343. The van der Waals surface area contributed by atoms with E-state index in [1.165, 1.54) is 43.3 Å². The molecule has 26 heavy (non-hydrogen) atoms. The number of rotatable bonds is 5. The number of benzene rings is 2. The molecule has 0 unspecified atom stereocenters. The van der Waals surface area contributed by atoms with Gasteiger partial charge in [0.25, 0.3) is 11.6 Å². The molecule has 0 aliphatic heterocycles. The molecule has 1 atom stereocenters. The zero-order valence-electron chi connectivity index (χ0n) is 13.4. The van der Waals surface area contributed by atoms with E-state index in [-0.39, 0.29) is 32.7 Å². The molecular formula is C16H13Cl2N3O5. The molecule has 0 radical (unpaired) electrons. The second-order valence-corrected chi connectivity index (χ2v) is 6.00. The van der Waals surface area contributed by atoms with Gasteiger partial charge in [0.2, 0.25) is 0 Å². The Morgan fingerprint density at radius 2 is 1.92 bits per heavy atom. The van der Waals surface area contributed by atoms with Crippen LogP contribution in [0.25, 0.3) is 0 Å². The van der Waals surface area contributed by atoms with Crippen LogP contribution in [-0.4, -0.2) is 22.9 Å². The number of hydrogen-bond donors (Lipinski definition) is 2. The fourth-order valence-electron chi connectivity index (χ4n) is 2.00. The molecule has 0 bridgehead atoms. The lowest BCUT2D eigenvalue weighted by atomic mass is 10.2. The average molecular weight is 398 g/mol. The maximum absolute atomic E-state index is 12.2. The van der Waals surface area contributed by atoms with Crippen LogP contribution in [0, 0.1) is 10.1 Å². The monoisotopic (exact) mass is 397 g/mol. The van der Waals surface area contributed by atoms with Gasteiger partial charge in [0.15, 0.2) is 6.10 Å². The van der Waals surface area contributed by atoms with Gasteiger partial charge in [-0.2, -0.15) is 0 Å². The number of amides is 1. The summed E-state index contributed by atoms with van der Waals surface area (Å²) in [4.78, 5) is 34.7. The number of halogens is 2. The van der Waals surface area contributed by atoms with Crippen molar-refractivity contribution in [2.45, 2.75) is 13.0 Å². The summed E-state index contributed by atoms with van der Waals surface area (Å²) in [5, 5.41) is 13.6. The molecule has 0 heterocycles. The first-order chi connectivity index (χ1) is 12.2. The number of nitrogens with two attached hydrogens (primary N) is 1. The molecule has 3 N–H and O–H groups in total. The number of ether oxygens (including phenoxy) is 1. The standard InChI is InChI=1S/C16H13Cl2N3O5/c1-8(15(22)20-12-4-2-3-5-13(12)21(24)25)26-16(23)10-6-9(17)7-11(18)14(10)19/h2-8H,19H2,1H3,(H,20,22)/t8-/m0/s1. The van der Waals surface area contributed by atoms with Crippen LogP contribution in [0.3, 0.4) is 0 Å². The first kappa shape index (κ1) is 19.5. The number of nitro benzene ring substituents is 1. The van der Waals surface area contributed by atoms with E-state index in [0.29, 0.717) is 0 Å². The van der Waals surface area contributed by atoms with Gasteiger partial charge in [0, 0.05) is 11.1 Å². The van der Waals surface area contributed by atoms with Crippen LogP contribution in [0.2, 0.25) is 10.0 Å². The zero-order chi connectivity index (χ0) is 19.4. The molecule has 0 aliphatic rings. The van der Waals surface area contributed by atoms with Crippen LogP contribution in [0.5, 0.6) is 0 Å². The fourth-order valence-corrected chi connectivity index (χ4v) is 2.50. The highest BCUT2D eigenvalue weighted by atomic mass is 35.5. The number of anilines is 2. The number of carbonyl (C=O) groups excluding carboxylic acids is 2. The van der Waals surface area contributed by atoms with E-state index in [9.17, 15) is 19.7 Å². The van der Waals surface area contributed by atoms with Crippen molar-refractivity contribution in [3.63, 3.8) is 0 Å². The van der Waals surface area contributed by atoms with E-state index in [1.54, 1.807) is 0 Å². The highest BCUT2D eigenvalue weighted by Crippen LogP contribution is 2.28. The van der Waals surface area contributed by atoms with Crippen molar-refractivity contribution in [1.29, 1.82) is 0 Å². The highest BCUT2D eigenvalue weighted by Gasteiger charge is 2.24. The number of nitrogens with one attached hydrogen (secondary N) is 1. The molecule has 0 fully saturated rings. The molecular weight excluding hydrogens is 385 g/mol. The highest BCUT2D eigenvalue weighted by molar-refractivity contribution is 6.37. The van der Waals surface area contributed by atoms with Crippen molar-refractivity contribution in [2.75, 3.05) is 11.1 Å². The Bertz CT molecular complexity index is 888. The molecule has 10 heteroatoms. The maximum Gasteiger partial charge on any atom is 0.341 e. The van der Waals surface area contributed by atoms with E-state index in [2.05, 4.69) is 5.32 Å². The Balaban J connectivity index is 2.13. The fraction of sp³-hybridized carbons (Fsp3) is 0.125. The molecule has 0 saturated carbocycles. The van der Waals surface area contributed by atoms with Crippen LogP contribution in [0.1, 0.15) is 17.3 Å². The minimum Gasteiger partial charge on any atom is -0.449 e. The molecule has 0 aliphatic carbocycles. The normalized spacial score (nSPS) is 11.5.